The van der Waals surface area contributed by atoms with Crippen LogP contribution >= 0.6 is 11.6 Å². The largest absolute Gasteiger partial charge is 0.391 e. The summed E-state index contributed by atoms with van der Waals surface area (Å²) < 4.78 is 12.9. The van der Waals surface area contributed by atoms with Gasteiger partial charge in [0.05, 0.1) is 11.1 Å². The Hall–Kier alpha value is -1.17. The van der Waals surface area contributed by atoms with Gasteiger partial charge in [-0.25, -0.2) is 4.39 Å². The normalized spacial score (nSPS) is 23.7. The molecule has 1 aliphatic heterocycles. The maximum Gasteiger partial charge on any atom is 0.244 e. The van der Waals surface area contributed by atoms with Crippen molar-refractivity contribution in [2.75, 3.05) is 11.9 Å². The summed E-state index contributed by atoms with van der Waals surface area (Å²) in [5.41, 5.74) is 0.405. The molecule has 0 aromatic heterocycles. The molecule has 1 amide bonds. The maximum absolute atomic E-state index is 12.9. The number of aliphatic hydroxyl groups is 1. The number of carbonyl (C=O) groups excluding carboxylic acids is 1. The van der Waals surface area contributed by atoms with E-state index in [0.29, 0.717) is 18.7 Å². The van der Waals surface area contributed by atoms with Gasteiger partial charge in [0.2, 0.25) is 5.91 Å². The molecule has 92 valence electrons. The lowest BCUT2D eigenvalue weighted by atomic mass is 10.1. The standard InChI is InChI=1S/C11H12ClFN2O2/c12-7-5-6(1-2-8(7)13)15-11(17)10-9(16)3-4-14-10/h1-2,5,9-10,14,16H,3-4H2,(H,15,17)/t9-,10+/m1/s1. The molecule has 17 heavy (non-hydrogen) atoms. The van der Waals surface area contributed by atoms with E-state index >= 15 is 0 Å². The van der Waals surface area contributed by atoms with Gasteiger partial charge in [-0.1, -0.05) is 11.6 Å². The van der Waals surface area contributed by atoms with Crippen LogP contribution in [-0.2, 0) is 4.79 Å². The Bertz CT molecular complexity index is 441. The second kappa shape index (κ2) is 5.00. The van der Waals surface area contributed by atoms with Crippen molar-refractivity contribution in [3.05, 3.63) is 29.0 Å². The van der Waals surface area contributed by atoms with Crippen LogP contribution < -0.4 is 10.6 Å². The van der Waals surface area contributed by atoms with Crippen LogP contribution in [0.2, 0.25) is 5.02 Å². The molecule has 6 heteroatoms. The molecule has 1 heterocycles. The molecule has 2 rings (SSSR count). The van der Waals surface area contributed by atoms with Crippen LogP contribution in [0, 0.1) is 5.82 Å². The molecule has 1 aliphatic rings. The first-order valence-corrected chi connectivity index (χ1v) is 5.63. The molecule has 1 fully saturated rings. The molecule has 1 aromatic rings. The Balaban J connectivity index is 2.05. The third kappa shape index (κ3) is 2.74. The molecule has 4 nitrogen and oxygen atoms in total. The van der Waals surface area contributed by atoms with Gasteiger partial charge < -0.3 is 15.7 Å². The van der Waals surface area contributed by atoms with Gasteiger partial charge in [0.15, 0.2) is 0 Å². The summed E-state index contributed by atoms with van der Waals surface area (Å²) in [5.74, 6) is -0.888. The van der Waals surface area contributed by atoms with Crippen molar-refractivity contribution in [1.29, 1.82) is 0 Å². The lowest BCUT2D eigenvalue weighted by Crippen LogP contribution is -2.42. The number of benzene rings is 1. The number of carbonyl (C=O) groups is 1. The van der Waals surface area contributed by atoms with Crippen LogP contribution in [-0.4, -0.2) is 29.7 Å². The van der Waals surface area contributed by atoms with Crippen molar-refractivity contribution in [3.63, 3.8) is 0 Å². The third-order valence-corrected chi connectivity index (χ3v) is 2.95. The van der Waals surface area contributed by atoms with Crippen LogP contribution in [0.3, 0.4) is 0 Å². The predicted octanol–water partition coefficient (Wildman–Crippen LogP) is 1.14. The first-order chi connectivity index (χ1) is 8.08. The topological polar surface area (TPSA) is 61.4 Å². The molecule has 0 aliphatic carbocycles. The summed E-state index contributed by atoms with van der Waals surface area (Å²) in [7, 11) is 0. The number of amides is 1. The van der Waals surface area contributed by atoms with E-state index in [1.54, 1.807) is 0 Å². The molecule has 0 saturated carbocycles. The minimum atomic E-state index is -0.689. The molecule has 0 bridgehead atoms. The fourth-order valence-corrected chi connectivity index (χ4v) is 1.93. The van der Waals surface area contributed by atoms with Crippen molar-refractivity contribution in [2.24, 2.45) is 0 Å². The van der Waals surface area contributed by atoms with Crippen LogP contribution in [0.25, 0.3) is 0 Å². The lowest BCUT2D eigenvalue weighted by Gasteiger charge is -2.14. The van der Waals surface area contributed by atoms with Crippen molar-refractivity contribution < 1.29 is 14.3 Å². The second-order valence-corrected chi connectivity index (χ2v) is 4.31. The van der Waals surface area contributed by atoms with Gasteiger partial charge in [-0.2, -0.15) is 0 Å². The van der Waals surface area contributed by atoms with Gasteiger partial charge in [0.1, 0.15) is 11.9 Å². The molecular formula is C11H12ClFN2O2. The van der Waals surface area contributed by atoms with E-state index in [9.17, 15) is 14.3 Å². The first kappa shape index (κ1) is 12.3. The van der Waals surface area contributed by atoms with Gasteiger partial charge in [0.25, 0.3) is 0 Å². The first-order valence-electron chi connectivity index (χ1n) is 5.25. The van der Waals surface area contributed by atoms with Crippen LogP contribution in [0.4, 0.5) is 10.1 Å². The Morgan fingerprint density at radius 2 is 2.35 bits per heavy atom. The SMILES string of the molecule is O=C(Nc1ccc(F)c(Cl)c1)[C@H]1NCC[C@H]1O. The molecular weight excluding hydrogens is 247 g/mol. The van der Waals surface area contributed by atoms with Crippen LogP contribution in [0.1, 0.15) is 6.42 Å². The summed E-state index contributed by atoms with van der Waals surface area (Å²) in [6.07, 6.45) is -0.145. The van der Waals surface area contributed by atoms with E-state index < -0.39 is 18.0 Å². The Labute approximate surface area is 103 Å². The summed E-state index contributed by atoms with van der Waals surface area (Å²) in [6.45, 7) is 0.601. The molecule has 1 aromatic carbocycles. The Kier molecular flexibility index (Phi) is 3.61. The van der Waals surface area contributed by atoms with E-state index in [1.807, 2.05) is 0 Å². The molecule has 0 unspecified atom stereocenters. The predicted molar refractivity (Wildman–Crippen MR) is 62.5 cm³/mol. The number of hydrogen-bond donors (Lipinski definition) is 3. The van der Waals surface area contributed by atoms with Crippen LogP contribution in [0.5, 0.6) is 0 Å². The van der Waals surface area contributed by atoms with E-state index in [1.165, 1.54) is 18.2 Å². The highest BCUT2D eigenvalue weighted by Crippen LogP contribution is 2.20. The fourth-order valence-electron chi connectivity index (χ4n) is 1.75. The zero-order valence-electron chi connectivity index (χ0n) is 8.91. The van der Waals surface area contributed by atoms with E-state index in [0.717, 1.165) is 0 Å². The number of anilines is 1. The molecule has 1 saturated heterocycles. The fraction of sp³-hybridized carbons (Fsp3) is 0.364. The zero-order valence-corrected chi connectivity index (χ0v) is 9.67. The summed E-state index contributed by atoms with van der Waals surface area (Å²) in [4.78, 5) is 11.8. The zero-order chi connectivity index (χ0) is 12.4. The smallest absolute Gasteiger partial charge is 0.244 e. The second-order valence-electron chi connectivity index (χ2n) is 3.91. The average Bonchev–Trinajstić information content (AvgIpc) is 2.70. The summed E-state index contributed by atoms with van der Waals surface area (Å²) >= 11 is 5.59. The van der Waals surface area contributed by atoms with Crippen molar-refractivity contribution in [3.8, 4) is 0 Å². The highest BCUT2D eigenvalue weighted by Gasteiger charge is 2.30. The van der Waals surface area contributed by atoms with Gasteiger partial charge in [-0.3, -0.25) is 4.79 Å². The van der Waals surface area contributed by atoms with Crippen LogP contribution in [0.15, 0.2) is 18.2 Å². The number of halogens is 2. The van der Waals surface area contributed by atoms with E-state index in [-0.39, 0.29) is 10.9 Å². The number of hydrogen-bond acceptors (Lipinski definition) is 3. The Morgan fingerprint density at radius 3 is 2.94 bits per heavy atom. The molecule has 2 atom stereocenters. The van der Waals surface area contributed by atoms with Crippen molar-refractivity contribution >= 4 is 23.2 Å². The van der Waals surface area contributed by atoms with Gasteiger partial charge in [0, 0.05) is 5.69 Å². The van der Waals surface area contributed by atoms with Crippen molar-refractivity contribution in [1.82, 2.24) is 5.32 Å². The van der Waals surface area contributed by atoms with Crippen molar-refractivity contribution in [2.45, 2.75) is 18.6 Å². The summed E-state index contributed by atoms with van der Waals surface area (Å²) in [5, 5.41) is 14.9. The van der Waals surface area contributed by atoms with E-state index in [4.69, 9.17) is 11.6 Å². The minimum Gasteiger partial charge on any atom is -0.391 e. The molecule has 0 spiro atoms. The van der Waals surface area contributed by atoms with Gasteiger partial charge in [-0.15, -0.1) is 0 Å². The molecule has 0 radical (unpaired) electrons. The average molecular weight is 259 g/mol. The molecule has 3 N–H and O–H groups in total. The maximum atomic E-state index is 12.9. The summed E-state index contributed by atoms with van der Waals surface area (Å²) in [6, 6.07) is 3.30. The number of rotatable bonds is 2. The lowest BCUT2D eigenvalue weighted by molar-refractivity contribution is -0.119. The number of aliphatic hydroxyl groups excluding tert-OH is 1. The highest BCUT2D eigenvalue weighted by atomic mass is 35.5. The minimum absolute atomic E-state index is 0.0530. The van der Waals surface area contributed by atoms with Gasteiger partial charge >= 0.3 is 0 Å². The quantitative estimate of drug-likeness (QED) is 0.746. The third-order valence-electron chi connectivity index (χ3n) is 2.66. The monoisotopic (exact) mass is 258 g/mol. The van der Waals surface area contributed by atoms with E-state index in [2.05, 4.69) is 10.6 Å². The highest BCUT2D eigenvalue weighted by molar-refractivity contribution is 6.31. The Morgan fingerprint density at radius 1 is 1.59 bits per heavy atom. The number of nitrogens with one attached hydrogen (secondary N) is 2. The van der Waals surface area contributed by atoms with Gasteiger partial charge in [-0.05, 0) is 31.2 Å².